The summed E-state index contributed by atoms with van der Waals surface area (Å²) in [5.74, 6) is 0.0129. The number of nitrogens with zero attached hydrogens (tertiary/aromatic N) is 2. The molecular formula is C16H25N3O2. The van der Waals surface area contributed by atoms with Gasteiger partial charge in [0.1, 0.15) is 0 Å². The minimum atomic E-state index is 0.0129. The van der Waals surface area contributed by atoms with Crippen molar-refractivity contribution in [3.8, 4) is 0 Å². The van der Waals surface area contributed by atoms with Gasteiger partial charge in [0, 0.05) is 58.1 Å². The lowest BCUT2D eigenvalue weighted by Gasteiger charge is -2.16. The van der Waals surface area contributed by atoms with Gasteiger partial charge in [-0.25, -0.2) is 0 Å². The predicted molar refractivity (Wildman–Crippen MR) is 85.0 cm³/mol. The number of methoxy groups -OCH3 is 1. The van der Waals surface area contributed by atoms with Gasteiger partial charge in [-0.3, -0.25) is 9.69 Å². The first kappa shape index (κ1) is 15.8. The molecule has 1 aliphatic heterocycles. The molecule has 0 unspecified atom stereocenters. The molecule has 0 aliphatic carbocycles. The number of ether oxygens (including phenoxy) is 1. The molecule has 0 aromatic heterocycles. The van der Waals surface area contributed by atoms with Crippen molar-refractivity contribution < 1.29 is 9.53 Å². The number of likely N-dealkylation sites (tertiary alicyclic amines) is 1. The highest BCUT2D eigenvalue weighted by Crippen LogP contribution is 2.13. The molecule has 5 heteroatoms. The Labute approximate surface area is 126 Å². The summed E-state index contributed by atoms with van der Waals surface area (Å²) >= 11 is 0. The molecule has 1 heterocycles. The normalized spacial score (nSPS) is 18.7. The van der Waals surface area contributed by atoms with Crippen LogP contribution in [-0.2, 0) is 4.74 Å². The van der Waals surface area contributed by atoms with Crippen molar-refractivity contribution >= 4 is 11.6 Å². The van der Waals surface area contributed by atoms with E-state index in [9.17, 15) is 4.79 Å². The van der Waals surface area contributed by atoms with Gasteiger partial charge in [0.2, 0.25) is 0 Å². The van der Waals surface area contributed by atoms with Gasteiger partial charge in [0.25, 0.3) is 5.91 Å². The molecule has 0 spiro atoms. The molecule has 0 bridgehead atoms. The van der Waals surface area contributed by atoms with Gasteiger partial charge in [0.05, 0.1) is 6.61 Å². The van der Waals surface area contributed by atoms with E-state index in [0.29, 0.717) is 0 Å². The third-order valence-corrected chi connectivity index (χ3v) is 3.87. The molecule has 1 N–H and O–H groups in total. The Balaban J connectivity index is 1.84. The van der Waals surface area contributed by atoms with Crippen LogP contribution in [0.25, 0.3) is 0 Å². The van der Waals surface area contributed by atoms with Crippen LogP contribution in [0.1, 0.15) is 16.8 Å². The Kier molecular flexibility index (Phi) is 5.59. The lowest BCUT2D eigenvalue weighted by molar-refractivity contribution is 0.0936. The third kappa shape index (κ3) is 4.44. The van der Waals surface area contributed by atoms with E-state index in [1.165, 1.54) is 0 Å². The van der Waals surface area contributed by atoms with E-state index in [1.807, 2.05) is 43.3 Å². The van der Waals surface area contributed by atoms with Crippen molar-refractivity contribution in [2.45, 2.75) is 12.5 Å². The summed E-state index contributed by atoms with van der Waals surface area (Å²) in [4.78, 5) is 16.6. The van der Waals surface area contributed by atoms with Gasteiger partial charge in [0.15, 0.2) is 0 Å². The quantitative estimate of drug-likeness (QED) is 0.855. The second-order valence-corrected chi connectivity index (χ2v) is 5.69. The summed E-state index contributed by atoms with van der Waals surface area (Å²) in [5.41, 5.74) is 1.81. The Hall–Kier alpha value is -1.59. The molecule has 1 atom stereocenters. The topological polar surface area (TPSA) is 44.8 Å². The maximum absolute atomic E-state index is 12.2. The minimum Gasteiger partial charge on any atom is -0.383 e. The maximum Gasteiger partial charge on any atom is 0.251 e. The Morgan fingerprint density at radius 1 is 1.38 bits per heavy atom. The molecule has 21 heavy (non-hydrogen) atoms. The first-order chi connectivity index (χ1) is 10.1. The average Bonchev–Trinajstić information content (AvgIpc) is 2.92. The molecule has 1 aromatic carbocycles. The van der Waals surface area contributed by atoms with Gasteiger partial charge >= 0.3 is 0 Å². The average molecular weight is 291 g/mol. The smallest absolute Gasteiger partial charge is 0.251 e. The molecule has 1 fully saturated rings. The second-order valence-electron chi connectivity index (χ2n) is 5.69. The molecule has 1 saturated heterocycles. The third-order valence-electron chi connectivity index (χ3n) is 3.87. The SMILES string of the molecule is COCCN1CC[C@H](NC(=O)c2ccc(N(C)C)cc2)C1. The van der Waals surface area contributed by atoms with Crippen molar-refractivity contribution in [1.82, 2.24) is 10.2 Å². The van der Waals surface area contributed by atoms with E-state index in [-0.39, 0.29) is 11.9 Å². The Morgan fingerprint density at radius 2 is 2.10 bits per heavy atom. The number of carbonyl (C=O) groups excluding carboxylic acids is 1. The molecule has 5 nitrogen and oxygen atoms in total. The van der Waals surface area contributed by atoms with E-state index in [4.69, 9.17) is 4.74 Å². The second kappa shape index (κ2) is 7.43. The summed E-state index contributed by atoms with van der Waals surface area (Å²) in [6, 6.07) is 7.93. The van der Waals surface area contributed by atoms with E-state index >= 15 is 0 Å². The first-order valence-corrected chi connectivity index (χ1v) is 7.39. The van der Waals surface area contributed by atoms with Crippen LogP contribution in [0.15, 0.2) is 24.3 Å². The van der Waals surface area contributed by atoms with Crippen molar-refractivity contribution in [3.05, 3.63) is 29.8 Å². The maximum atomic E-state index is 12.2. The van der Waals surface area contributed by atoms with Gasteiger partial charge in [-0.2, -0.15) is 0 Å². The zero-order valence-corrected chi connectivity index (χ0v) is 13.1. The predicted octanol–water partition coefficient (Wildman–Crippen LogP) is 1.20. The summed E-state index contributed by atoms with van der Waals surface area (Å²) in [5, 5.41) is 3.12. The standard InChI is InChI=1S/C16H25N3O2/c1-18(2)15-6-4-13(5-7-15)16(20)17-14-8-9-19(12-14)10-11-21-3/h4-7,14H,8-12H2,1-3H3,(H,17,20)/t14-/m0/s1. The van der Waals surface area contributed by atoms with E-state index < -0.39 is 0 Å². The highest BCUT2D eigenvalue weighted by Gasteiger charge is 2.23. The number of hydrogen-bond donors (Lipinski definition) is 1. The lowest BCUT2D eigenvalue weighted by atomic mass is 10.1. The van der Waals surface area contributed by atoms with E-state index in [1.54, 1.807) is 7.11 Å². The molecule has 0 saturated carbocycles. The molecule has 2 rings (SSSR count). The summed E-state index contributed by atoms with van der Waals surface area (Å²) < 4.78 is 5.09. The fraction of sp³-hybridized carbons (Fsp3) is 0.562. The van der Waals surface area contributed by atoms with Crippen molar-refractivity contribution in [2.75, 3.05) is 52.3 Å². The largest absolute Gasteiger partial charge is 0.383 e. The number of nitrogens with one attached hydrogen (secondary N) is 1. The zero-order chi connectivity index (χ0) is 15.2. The molecular weight excluding hydrogens is 266 g/mol. The van der Waals surface area contributed by atoms with Crippen LogP contribution in [-0.4, -0.2) is 64.3 Å². The van der Waals surface area contributed by atoms with Gasteiger partial charge < -0.3 is 15.0 Å². The fourth-order valence-corrected chi connectivity index (χ4v) is 2.55. The van der Waals surface area contributed by atoms with Crippen molar-refractivity contribution in [2.24, 2.45) is 0 Å². The summed E-state index contributed by atoms with van der Waals surface area (Å²) in [7, 11) is 5.69. The van der Waals surface area contributed by atoms with Crippen LogP contribution in [0.4, 0.5) is 5.69 Å². The van der Waals surface area contributed by atoms with Crippen LogP contribution >= 0.6 is 0 Å². The van der Waals surface area contributed by atoms with Gasteiger partial charge in [-0.15, -0.1) is 0 Å². The molecule has 1 aromatic rings. The van der Waals surface area contributed by atoms with Crippen molar-refractivity contribution in [1.29, 1.82) is 0 Å². The molecule has 1 aliphatic rings. The van der Waals surface area contributed by atoms with Gasteiger partial charge in [-0.05, 0) is 30.7 Å². The van der Waals surface area contributed by atoms with Gasteiger partial charge in [-0.1, -0.05) is 0 Å². The molecule has 1 amide bonds. The zero-order valence-electron chi connectivity index (χ0n) is 13.1. The van der Waals surface area contributed by atoms with E-state index in [0.717, 1.165) is 43.9 Å². The molecule has 0 radical (unpaired) electrons. The monoisotopic (exact) mass is 291 g/mol. The summed E-state index contributed by atoms with van der Waals surface area (Å²) in [6.45, 7) is 3.60. The number of hydrogen-bond acceptors (Lipinski definition) is 4. The number of benzene rings is 1. The van der Waals surface area contributed by atoms with Crippen LogP contribution < -0.4 is 10.2 Å². The highest BCUT2D eigenvalue weighted by molar-refractivity contribution is 5.94. The number of amides is 1. The van der Waals surface area contributed by atoms with Crippen molar-refractivity contribution in [3.63, 3.8) is 0 Å². The number of anilines is 1. The Morgan fingerprint density at radius 3 is 2.71 bits per heavy atom. The highest BCUT2D eigenvalue weighted by atomic mass is 16.5. The Bertz CT molecular complexity index is 459. The van der Waals surface area contributed by atoms with Crippen LogP contribution in [0.2, 0.25) is 0 Å². The fourth-order valence-electron chi connectivity index (χ4n) is 2.55. The van der Waals surface area contributed by atoms with Crippen LogP contribution in [0.3, 0.4) is 0 Å². The lowest BCUT2D eigenvalue weighted by Crippen LogP contribution is -2.37. The number of rotatable bonds is 6. The van der Waals surface area contributed by atoms with Crippen LogP contribution in [0, 0.1) is 0 Å². The summed E-state index contributed by atoms with van der Waals surface area (Å²) in [6.07, 6.45) is 1.01. The van der Waals surface area contributed by atoms with Crippen LogP contribution in [0.5, 0.6) is 0 Å². The van der Waals surface area contributed by atoms with E-state index in [2.05, 4.69) is 10.2 Å². The molecule has 116 valence electrons. The first-order valence-electron chi connectivity index (χ1n) is 7.39. The minimum absolute atomic E-state index is 0.0129. The number of carbonyl (C=O) groups is 1.